The number of para-hydroxylation sites is 1. The van der Waals surface area contributed by atoms with Crippen molar-refractivity contribution in [2.45, 2.75) is 19.8 Å². The van der Waals surface area contributed by atoms with E-state index in [1.54, 1.807) is 37.4 Å². The molecule has 1 aromatic heterocycles. The van der Waals surface area contributed by atoms with Gasteiger partial charge in [0.2, 0.25) is 11.7 Å². The molecule has 26 heavy (non-hydrogen) atoms. The number of fused-ring (bicyclic) bond motifs is 1. The van der Waals surface area contributed by atoms with Gasteiger partial charge in [0.25, 0.3) is 5.91 Å². The second-order valence-corrected chi connectivity index (χ2v) is 5.79. The topological polar surface area (TPSA) is 80.6 Å². The molecule has 0 radical (unpaired) electrons. The fourth-order valence-corrected chi connectivity index (χ4v) is 2.65. The molecule has 0 fully saturated rings. The SMILES string of the molecule is CCCC(=O)Nc1c(C(=O)Nc2cccc(OC)c2)oc2ccccc12. The maximum atomic E-state index is 12.7. The van der Waals surface area contributed by atoms with Gasteiger partial charge in [-0.05, 0) is 30.7 Å². The van der Waals surface area contributed by atoms with E-state index in [0.29, 0.717) is 40.9 Å². The standard InChI is InChI=1S/C20H20N2O4/c1-3-7-17(23)22-18-15-10-4-5-11-16(15)26-19(18)20(24)21-13-8-6-9-14(12-13)25-2/h4-6,8-12H,3,7H2,1-2H3,(H,21,24)(H,22,23). The number of ether oxygens (including phenoxy) is 1. The average molecular weight is 352 g/mol. The van der Waals surface area contributed by atoms with Gasteiger partial charge in [-0.15, -0.1) is 0 Å². The van der Waals surface area contributed by atoms with Crippen LogP contribution in [-0.2, 0) is 4.79 Å². The molecule has 6 nitrogen and oxygen atoms in total. The molecule has 3 aromatic rings. The minimum atomic E-state index is -0.443. The van der Waals surface area contributed by atoms with Gasteiger partial charge in [0, 0.05) is 23.6 Å². The summed E-state index contributed by atoms with van der Waals surface area (Å²) < 4.78 is 10.9. The molecule has 0 saturated heterocycles. The number of carbonyl (C=O) groups excluding carboxylic acids is 2. The van der Waals surface area contributed by atoms with E-state index in [2.05, 4.69) is 10.6 Å². The first-order chi connectivity index (χ1) is 12.6. The number of nitrogens with one attached hydrogen (secondary N) is 2. The van der Waals surface area contributed by atoms with Gasteiger partial charge in [0.1, 0.15) is 17.0 Å². The molecule has 0 unspecified atom stereocenters. The van der Waals surface area contributed by atoms with E-state index in [1.165, 1.54) is 0 Å². The van der Waals surface area contributed by atoms with Gasteiger partial charge < -0.3 is 19.8 Å². The first-order valence-corrected chi connectivity index (χ1v) is 8.39. The summed E-state index contributed by atoms with van der Waals surface area (Å²) in [5.41, 5.74) is 1.50. The van der Waals surface area contributed by atoms with Crippen LogP contribution in [0, 0.1) is 0 Å². The van der Waals surface area contributed by atoms with Gasteiger partial charge in [0.05, 0.1) is 7.11 Å². The summed E-state index contributed by atoms with van der Waals surface area (Å²) in [5.74, 6) is 0.0954. The van der Waals surface area contributed by atoms with Gasteiger partial charge >= 0.3 is 0 Å². The van der Waals surface area contributed by atoms with Crippen molar-refractivity contribution in [3.8, 4) is 5.75 Å². The van der Waals surface area contributed by atoms with Crippen molar-refractivity contribution in [2.75, 3.05) is 17.7 Å². The van der Waals surface area contributed by atoms with E-state index in [0.717, 1.165) is 0 Å². The van der Waals surface area contributed by atoms with Crippen LogP contribution in [0.4, 0.5) is 11.4 Å². The largest absolute Gasteiger partial charge is 0.497 e. The van der Waals surface area contributed by atoms with Gasteiger partial charge in [-0.25, -0.2) is 0 Å². The lowest BCUT2D eigenvalue weighted by molar-refractivity contribution is -0.116. The number of amides is 2. The summed E-state index contributed by atoms with van der Waals surface area (Å²) in [6, 6.07) is 14.2. The van der Waals surface area contributed by atoms with Crippen LogP contribution >= 0.6 is 0 Å². The lowest BCUT2D eigenvalue weighted by Gasteiger charge is -2.08. The van der Waals surface area contributed by atoms with Gasteiger partial charge in [-0.1, -0.05) is 25.1 Å². The highest BCUT2D eigenvalue weighted by atomic mass is 16.5. The third-order valence-electron chi connectivity index (χ3n) is 3.87. The Labute approximate surface area is 151 Å². The number of hydrogen-bond acceptors (Lipinski definition) is 4. The number of carbonyl (C=O) groups is 2. The van der Waals surface area contributed by atoms with Crippen LogP contribution in [0.15, 0.2) is 52.9 Å². The van der Waals surface area contributed by atoms with Crippen molar-refractivity contribution in [3.05, 3.63) is 54.3 Å². The molecule has 0 spiro atoms. The zero-order valence-electron chi connectivity index (χ0n) is 14.7. The monoisotopic (exact) mass is 352 g/mol. The average Bonchev–Trinajstić information content (AvgIpc) is 3.01. The Hall–Kier alpha value is -3.28. The Balaban J connectivity index is 1.94. The molecule has 0 bridgehead atoms. The van der Waals surface area contributed by atoms with Crippen LogP contribution < -0.4 is 15.4 Å². The lowest BCUT2D eigenvalue weighted by Crippen LogP contribution is -2.16. The van der Waals surface area contributed by atoms with Crippen LogP contribution in [0.3, 0.4) is 0 Å². The summed E-state index contributed by atoms with van der Waals surface area (Å²) >= 11 is 0. The number of rotatable bonds is 6. The molecule has 6 heteroatoms. The van der Waals surface area contributed by atoms with Crippen molar-refractivity contribution in [1.82, 2.24) is 0 Å². The van der Waals surface area contributed by atoms with Crippen LogP contribution in [-0.4, -0.2) is 18.9 Å². The smallest absolute Gasteiger partial charge is 0.293 e. The Morgan fingerprint density at radius 3 is 2.65 bits per heavy atom. The predicted molar refractivity (Wildman–Crippen MR) is 101 cm³/mol. The highest BCUT2D eigenvalue weighted by Crippen LogP contribution is 2.32. The molecule has 1 heterocycles. The first kappa shape index (κ1) is 17.5. The Morgan fingerprint density at radius 1 is 1.08 bits per heavy atom. The van der Waals surface area contributed by atoms with Gasteiger partial charge in [0.15, 0.2) is 0 Å². The highest BCUT2D eigenvalue weighted by molar-refractivity contribution is 6.14. The summed E-state index contributed by atoms with van der Waals surface area (Å²) in [6.07, 6.45) is 1.09. The van der Waals surface area contributed by atoms with E-state index < -0.39 is 5.91 Å². The molecule has 0 saturated carbocycles. The second kappa shape index (κ2) is 7.74. The van der Waals surface area contributed by atoms with Crippen LogP contribution in [0.25, 0.3) is 11.0 Å². The molecule has 2 N–H and O–H groups in total. The zero-order chi connectivity index (χ0) is 18.5. The Morgan fingerprint density at radius 2 is 1.88 bits per heavy atom. The van der Waals surface area contributed by atoms with E-state index in [9.17, 15) is 9.59 Å². The minimum absolute atomic E-state index is 0.0680. The fourth-order valence-electron chi connectivity index (χ4n) is 2.65. The Kier molecular flexibility index (Phi) is 5.22. The molecule has 2 amide bonds. The van der Waals surface area contributed by atoms with E-state index in [-0.39, 0.29) is 11.7 Å². The fraction of sp³-hybridized carbons (Fsp3) is 0.200. The summed E-state index contributed by atoms with van der Waals surface area (Å²) in [5, 5.41) is 6.27. The van der Waals surface area contributed by atoms with Crippen LogP contribution in [0.5, 0.6) is 5.75 Å². The van der Waals surface area contributed by atoms with Crippen molar-refractivity contribution in [3.63, 3.8) is 0 Å². The van der Waals surface area contributed by atoms with E-state index in [1.807, 2.05) is 25.1 Å². The van der Waals surface area contributed by atoms with Gasteiger partial charge in [-0.3, -0.25) is 9.59 Å². The number of anilines is 2. The van der Waals surface area contributed by atoms with Crippen molar-refractivity contribution in [1.29, 1.82) is 0 Å². The number of hydrogen-bond donors (Lipinski definition) is 2. The lowest BCUT2D eigenvalue weighted by atomic mass is 10.2. The summed E-state index contributed by atoms with van der Waals surface area (Å²) in [6.45, 7) is 1.92. The summed E-state index contributed by atoms with van der Waals surface area (Å²) in [7, 11) is 1.56. The molecule has 0 aliphatic rings. The number of methoxy groups -OCH3 is 1. The molecule has 134 valence electrons. The molecule has 0 atom stereocenters. The third-order valence-corrected chi connectivity index (χ3v) is 3.87. The predicted octanol–water partition coefficient (Wildman–Crippen LogP) is 4.43. The maximum absolute atomic E-state index is 12.7. The quantitative estimate of drug-likeness (QED) is 0.687. The van der Waals surface area contributed by atoms with E-state index >= 15 is 0 Å². The third kappa shape index (κ3) is 3.69. The van der Waals surface area contributed by atoms with Crippen LogP contribution in [0.1, 0.15) is 30.3 Å². The Bertz CT molecular complexity index is 946. The van der Waals surface area contributed by atoms with E-state index in [4.69, 9.17) is 9.15 Å². The zero-order valence-corrected chi connectivity index (χ0v) is 14.7. The molecular weight excluding hydrogens is 332 g/mol. The second-order valence-electron chi connectivity index (χ2n) is 5.79. The molecular formula is C20H20N2O4. The molecule has 0 aliphatic carbocycles. The highest BCUT2D eigenvalue weighted by Gasteiger charge is 2.22. The molecule has 3 rings (SSSR count). The van der Waals surface area contributed by atoms with Gasteiger partial charge in [-0.2, -0.15) is 0 Å². The molecule has 2 aromatic carbocycles. The minimum Gasteiger partial charge on any atom is -0.497 e. The normalized spacial score (nSPS) is 10.5. The van der Waals surface area contributed by atoms with Crippen molar-refractivity contribution >= 4 is 34.2 Å². The summed E-state index contributed by atoms with van der Waals surface area (Å²) in [4.78, 5) is 24.8. The first-order valence-electron chi connectivity index (χ1n) is 8.39. The number of furan rings is 1. The maximum Gasteiger partial charge on any atom is 0.293 e. The van der Waals surface area contributed by atoms with Crippen molar-refractivity contribution < 1.29 is 18.7 Å². The molecule has 0 aliphatic heterocycles. The van der Waals surface area contributed by atoms with Crippen LogP contribution in [0.2, 0.25) is 0 Å². The van der Waals surface area contributed by atoms with Crippen molar-refractivity contribution in [2.24, 2.45) is 0 Å². The number of benzene rings is 2.